The van der Waals surface area contributed by atoms with Gasteiger partial charge in [-0.2, -0.15) is 0 Å². The fourth-order valence-corrected chi connectivity index (χ4v) is 2.07. The molecule has 2 amide bonds. The third-order valence-electron chi connectivity index (χ3n) is 3.15. The van der Waals surface area contributed by atoms with Crippen LogP contribution in [0.25, 0.3) is 0 Å². The van der Waals surface area contributed by atoms with Gasteiger partial charge in [0.05, 0.1) is 12.7 Å². The average Bonchev–Trinajstić information content (AvgIpc) is 2.34. The van der Waals surface area contributed by atoms with E-state index >= 15 is 0 Å². The summed E-state index contributed by atoms with van der Waals surface area (Å²) >= 11 is 0. The Bertz CT molecular complexity index is 234. The molecule has 1 fully saturated rings. The first-order valence-electron chi connectivity index (χ1n) is 6.43. The van der Waals surface area contributed by atoms with Crippen molar-refractivity contribution in [2.45, 2.75) is 32.8 Å². The molecular formula is C12H24N2O3. The molecule has 2 atom stereocenters. The third kappa shape index (κ3) is 4.91. The van der Waals surface area contributed by atoms with Crippen LogP contribution in [0.5, 0.6) is 0 Å². The second-order valence-corrected chi connectivity index (χ2v) is 4.52. The van der Waals surface area contributed by atoms with Crippen molar-refractivity contribution >= 4 is 6.03 Å². The minimum Gasteiger partial charge on any atom is -0.393 e. The largest absolute Gasteiger partial charge is 0.393 e. The number of amides is 2. The quantitative estimate of drug-likeness (QED) is 0.704. The van der Waals surface area contributed by atoms with Gasteiger partial charge in [0.15, 0.2) is 0 Å². The molecule has 2 N–H and O–H groups in total. The fraction of sp³-hybridized carbons (Fsp3) is 0.917. The maximum Gasteiger partial charge on any atom is 0.317 e. The van der Waals surface area contributed by atoms with Crippen LogP contribution in [0, 0.1) is 5.92 Å². The van der Waals surface area contributed by atoms with Crippen molar-refractivity contribution in [3.8, 4) is 0 Å². The first kappa shape index (κ1) is 14.3. The third-order valence-corrected chi connectivity index (χ3v) is 3.15. The summed E-state index contributed by atoms with van der Waals surface area (Å²) < 4.78 is 5.16. The van der Waals surface area contributed by atoms with Gasteiger partial charge >= 0.3 is 6.03 Å². The van der Waals surface area contributed by atoms with Gasteiger partial charge in [-0.1, -0.05) is 0 Å². The van der Waals surface area contributed by atoms with Gasteiger partial charge < -0.3 is 20.1 Å². The maximum absolute atomic E-state index is 11.8. The number of hydrogen-bond donors (Lipinski definition) is 2. The second-order valence-electron chi connectivity index (χ2n) is 4.52. The molecule has 0 spiro atoms. The van der Waals surface area contributed by atoms with Gasteiger partial charge in [0, 0.05) is 32.2 Å². The Morgan fingerprint density at radius 1 is 1.65 bits per heavy atom. The Kier molecular flexibility index (Phi) is 6.29. The summed E-state index contributed by atoms with van der Waals surface area (Å²) in [6.07, 6.45) is 1.63. The first-order chi connectivity index (χ1) is 8.15. The van der Waals surface area contributed by atoms with E-state index in [0.717, 1.165) is 19.4 Å². The van der Waals surface area contributed by atoms with Gasteiger partial charge in [-0.05, 0) is 26.7 Å². The number of nitrogens with zero attached hydrogens (tertiary/aromatic N) is 1. The monoisotopic (exact) mass is 244 g/mol. The molecule has 17 heavy (non-hydrogen) atoms. The number of nitrogens with one attached hydrogen (secondary N) is 1. The molecule has 100 valence electrons. The minimum absolute atomic E-state index is 0.0462. The van der Waals surface area contributed by atoms with Crippen LogP contribution in [-0.2, 0) is 4.74 Å². The van der Waals surface area contributed by atoms with Crippen molar-refractivity contribution in [3.05, 3.63) is 0 Å². The lowest BCUT2D eigenvalue weighted by Gasteiger charge is -2.34. The molecule has 0 aliphatic carbocycles. The summed E-state index contributed by atoms with van der Waals surface area (Å²) in [5.41, 5.74) is 0. The van der Waals surface area contributed by atoms with Crippen molar-refractivity contribution in [1.82, 2.24) is 10.2 Å². The Morgan fingerprint density at radius 2 is 2.41 bits per heavy atom. The summed E-state index contributed by atoms with van der Waals surface area (Å²) in [5.74, 6) is 0.210. The maximum atomic E-state index is 11.8. The predicted octanol–water partition coefficient (Wildman–Crippen LogP) is 0.825. The van der Waals surface area contributed by atoms with Gasteiger partial charge in [-0.3, -0.25) is 0 Å². The van der Waals surface area contributed by atoms with E-state index in [9.17, 15) is 9.90 Å². The molecule has 1 saturated heterocycles. The zero-order valence-electron chi connectivity index (χ0n) is 10.8. The minimum atomic E-state index is -0.339. The van der Waals surface area contributed by atoms with Crippen LogP contribution in [0.3, 0.4) is 0 Å². The van der Waals surface area contributed by atoms with Crippen molar-refractivity contribution in [3.63, 3.8) is 0 Å². The molecule has 1 heterocycles. The lowest BCUT2D eigenvalue weighted by molar-refractivity contribution is 0.0730. The molecule has 1 rings (SSSR count). The van der Waals surface area contributed by atoms with E-state index in [1.807, 2.05) is 6.92 Å². The normalized spacial score (nSPS) is 22.3. The van der Waals surface area contributed by atoms with Gasteiger partial charge in [0.2, 0.25) is 0 Å². The topological polar surface area (TPSA) is 61.8 Å². The van der Waals surface area contributed by atoms with Crippen molar-refractivity contribution in [2.75, 3.05) is 32.8 Å². The van der Waals surface area contributed by atoms with Gasteiger partial charge in [-0.15, -0.1) is 0 Å². The van der Waals surface area contributed by atoms with Gasteiger partial charge in [0.1, 0.15) is 0 Å². The number of ether oxygens (including phenoxy) is 1. The average molecular weight is 244 g/mol. The van der Waals surface area contributed by atoms with Gasteiger partial charge in [-0.25, -0.2) is 4.79 Å². The molecule has 0 aromatic heterocycles. The van der Waals surface area contributed by atoms with Crippen molar-refractivity contribution in [2.24, 2.45) is 5.92 Å². The number of piperidine rings is 1. The predicted molar refractivity (Wildman–Crippen MR) is 65.9 cm³/mol. The number of rotatable bonds is 5. The molecular weight excluding hydrogens is 220 g/mol. The molecule has 0 saturated carbocycles. The molecule has 0 aromatic carbocycles. The summed E-state index contributed by atoms with van der Waals surface area (Å²) in [7, 11) is 0. The number of urea groups is 1. The van der Waals surface area contributed by atoms with E-state index in [1.54, 1.807) is 11.8 Å². The summed E-state index contributed by atoms with van der Waals surface area (Å²) in [6, 6.07) is -0.0462. The van der Waals surface area contributed by atoms with E-state index in [4.69, 9.17) is 4.74 Å². The Balaban J connectivity index is 2.26. The highest BCUT2D eigenvalue weighted by molar-refractivity contribution is 5.74. The molecule has 1 aliphatic rings. The zero-order chi connectivity index (χ0) is 12.7. The number of carbonyl (C=O) groups excluding carboxylic acids is 1. The molecule has 5 nitrogen and oxygen atoms in total. The van der Waals surface area contributed by atoms with Crippen LogP contribution in [0.2, 0.25) is 0 Å². The number of hydrogen-bond acceptors (Lipinski definition) is 3. The highest BCUT2D eigenvalue weighted by atomic mass is 16.5. The molecule has 0 radical (unpaired) electrons. The fourth-order valence-electron chi connectivity index (χ4n) is 2.07. The molecule has 0 aromatic rings. The highest BCUT2D eigenvalue weighted by Gasteiger charge is 2.26. The van der Waals surface area contributed by atoms with E-state index in [2.05, 4.69) is 5.32 Å². The molecule has 2 unspecified atom stereocenters. The zero-order valence-corrected chi connectivity index (χ0v) is 10.8. The van der Waals surface area contributed by atoms with E-state index in [0.29, 0.717) is 26.3 Å². The van der Waals surface area contributed by atoms with Crippen LogP contribution < -0.4 is 5.32 Å². The molecule has 0 bridgehead atoms. The Labute approximate surface area is 103 Å². The lowest BCUT2D eigenvalue weighted by atomic mass is 9.94. The van der Waals surface area contributed by atoms with Crippen LogP contribution in [0.1, 0.15) is 26.7 Å². The van der Waals surface area contributed by atoms with E-state index in [-0.39, 0.29) is 18.1 Å². The van der Waals surface area contributed by atoms with Crippen LogP contribution >= 0.6 is 0 Å². The number of aliphatic hydroxyl groups excluding tert-OH is 1. The Morgan fingerprint density at radius 3 is 3.06 bits per heavy atom. The molecule has 1 aliphatic heterocycles. The number of carbonyl (C=O) groups is 1. The SMILES string of the molecule is CCOCCNC(=O)N1CCCC(C(C)O)C1. The smallest absolute Gasteiger partial charge is 0.317 e. The van der Waals surface area contributed by atoms with E-state index < -0.39 is 0 Å². The Hall–Kier alpha value is -0.810. The summed E-state index contributed by atoms with van der Waals surface area (Å²) in [5, 5.41) is 12.4. The molecule has 5 heteroatoms. The summed E-state index contributed by atoms with van der Waals surface area (Å²) in [4.78, 5) is 13.6. The van der Waals surface area contributed by atoms with Crippen LogP contribution in [0.15, 0.2) is 0 Å². The lowest BCUT2D eigenvalue weighted by Crippen LogP contribution is -2.48. The number of likely N-dealkylation sites (tertiary alicyclic amines) is 1. The van der Waals surface area contributed by atoms with Crippen LogP contribution in [0.4, 0.5) is 4.79 Å². The first-order valence-corrected chi connectivity index (χ1v) is 6.43. The van der Waals surface area contributed by atoms with Crippen LogP contribution in [-0.4, -0.2) is 55.0 Å². The standard InChI is InChI=1S/C12H24N2O3/c1-3-17-8-6-13-12(16)14-7-4-5-11(9-14)10(2)15/h10-11,15H,3-9H2,1-2H3,(H,13,16). The number of aliphatic hydroxyl groups is 1. The second kappa shape index (κ2) is 7.50. The van der Waals surface area contributed by atoms with Gasteiger partial charge in [0.25, 0.3) is 0 Å². The summed E-state index contributed by atoms with van der Waals surface area (Å²) in [6.45, 7) is 6.92. The highest BCUT2D eigenvalue weighted by Crippen LogP contribution is 2.19. The van der Waals surface area contributed by atoms with E-state index in [1.165, 1.54) is 0 Å². The van der Waals surface area contributed by atoms with Crippen molar-refractivity contribution in [1.29, 1.82) is 0 Å². The van der Waals surface area contributed by atoms with Crippen molar-refractivity contribution < 1.29 is 14.6 Å².